The van der Waals surface area contributed by atoms with Crippen molar-refractivity contribution in [3.8, 4) is 0 Å². The molecule has 11 heteroatoms. The Labute approximate surface area is 235 Å². The number of hydrogen-bond acceptors (Lipinski definition) is 4. The largest absolute Gasteiger partial charge is 0.355 e. The van der Waals surface area contributed by atoms with E-state index in [1.807, 2.05) is 54.6 Å². The standard InChI is InChI=1S/C27H28BrClFN3O4S/c1-3-31-27(35)25(15-19-8-5-4-6-9-19)32(17-20-10-7-11-21(28)14-20)26(34)18-33(38(2,36)37)22-12-13-24(30)23(29)16-22/h4-14,16,25H,3,15,17-18H2,1-2H3,(H,31,35)/t25-/m1/s1. The molecule has 2 amide bonds. The average Bonchev–Trinajstić information content (AvgIpc) is 2.86. The molecule has 0 saturated carbocycles. The lowest BCUT2D eigenvalue weighted by Crippen LogP contribution is -2.53. The van der Waals surface area contributed by atoms with Crippen molar-refractivity contribution < 1.29 is 22.4 Å². The molecule has 3 aromatic rings. The number of nitrogens with zero attached hydrogens (tertiary/aromatic N) is 2. The van der Waals surface area contributed by atoms with Gasteiger partial charge in [-0.15, -0.1) is 0 Å². The fraction of sp³-hybridized carbons (Fsp3) is 0.259. The highest BCUT2D eigenvalue weighted by Crippen LogP contribution is 2.25. The third-order valence-electron chi connectivity index (χ3n) is 5.73. The van der Waals surface area contributed by atoms with Crippen LogP contribution in [0.25, 0.3) is 0 Å². The van der Waals surface area contributed by atoms with Crippen LogP contribution in [0.1, 0.15) is 18.1 Å². The van der Waals surface area contributed by atoms with E-state index in [1.165, 1.54) is 11.0 Å². The third kappa shape index (κ3) is 8.02. The van der Waals surface area contributed by atoms with Crippen LogP contribution in [0.2, 0.25) is 5.02 Å². The minimum atomic E-state index is -3.97. The first-order valence-electron chi connectivity index (χ1n) is 11.8. The number of likely N-dealkylation sites (N-methyl/N-ethyl adjacent to an activating group) is 1. The molecule has 0 bridgehead atoms. The summed E-state index contributed by atoms with van der Waals surface area (Å²) < 4.78 is 40.9. The molecule has 0 fully saturated rings. The summed E-state index contributed by atoms with van der Waals surface area (Å²) in [6.45, 7) is 1.57. The van der Waals surface area contributed by atoms with Gasteiger partial charge in [-0.2, -0.15) is 0 Å². The quantitative estimate of drug-likeness (QED) is 0.333. The van der Waals surface area contributed by atoms with E-state index in [0.717, 1.165) is 38.3 Å². The predicted octanol–water partition coefficient (Wildman–Crippen LogP) is 4.78. The van der Waals surface area contributed by atoms with E-state index >= 15 is 0 Å². The van der Waals surface area contributed by atoms with Gasteiger partial charge >= 0.3 is 0 Å². The second kappa shape index (κ2) is 13.2. The van der Waals surface area contributed by atoms with Gasteiger partial charge in [0.2, 0.25) is 21.8 Å². The molecule has 0 aliphatic carbocycles. The molecule has 0 aliphatic heterocycles. The molecule has 38 heavy (non-hydrogen) atoms. The Kier molecular flexibility index (Phi) is 10.3. The van der Waals surface area contributed by atoms with E-state index in [9.17, 15) is 22.4 Å². The highest BCUT2D eigenvalue weighted by atomic mass is 79.9. The zero-order chi connectivity index (χ0) is 27.9. The third-order valence-corrected chi connectivity index (χ3v) is 7.66. The Hall–Kier alpha value is -2.95. The summed E-state index contributed by atoms with van der Waals surface area (Å²) in [5, 5.41) is 2.52. The molecule has 7 nitrogen and oxygen atoms in total. The summed E-state index contributed by atoms with van der Waals surface area (Å²) in [5.74, 6) is -1.69. The maximum atomic E-state index is 13.9. The number of rotatable bonds is 11. The Morgan fingerprint density at radius 3 is 2.32 bits per heavy atom. The molecule has 0 aromatic heterocycles. The van der Waals surface area contributed by atoms with Crippen LogP contribution in [0.3, 0.4) is 0 Å². The van der Waals surface area contributed by atoms with Crippen LogP contribution < -0.4 is 9.62 Å². The minimum Gasteiger partial charge on any atom is -0.355 e. The normalized spacial score (nSPS) is 12.0. The first-order chi connectivity index (χ1) is 18.0. The minimum absolute atomic E-state index is 0.0345. The lowest BCUT2D eigenvalue weighted by Gasteiger charge is -2.33. The summed E-state index contributed by atoms with van der Waals surface area (Å²) >= 11 is 9.33. The maximum Gasteiger partial charge on any atom is 0.244 e. The Morgan fingerprint density at radius 2 is 1.71 bits per heavy atom. The van der Waals surface area contributed by atoms with Crippen LogP contribution in [0, 0.1) is 5.82 Å². The fourth-order valence-electron chi connectivity index (χ4n) is 3.93. The van der Waals surface area contributed by atoms with Crippen molar-refractivity contribution in [3.63, 3.8) is 0 Å². The van der Waals surface area contributed by atoms with E-state index in [2.05, 4.69) is 21.2 Å². The molecule has 1 atom stereocenters. The molecule has 3 aromatic carbocycles. The molecule has 0 aliphatic rings. The van der Waals surface area contributed by atoms with Crippen molar-refractivity contribution in [2.75, 3.05) is 23.7 Å². The first kappa shape index (κ1) is 29.6. The number of nitrogens with one attached hydrogen (secondary N) is 1. The fourth-order valence-corrected chi connectivity index (χ4v) is 5.39. The number of benzene rings is 3. The zero-order valence-corrected chi connectivity index (χ0v) is 24.1. The zero-order valence-electron chi connectivity index (χ0n) is 20.9. The highest BCUT2D eigenvalue weighted by Gasteiger charge is 2.33. The Balaban J connectivity index is 2.05. The van der Waals surface area contributed by atoms with Crippen LogP contribution in [-0.2, 0) is 32.6 Å². The number of carbonyl (C=O) groups excluding carboxylic acids is 2. The van der Waals surface area contributed by atoms with Crippen LogP contribution in [0.5, 0.6) is 0 Å². The van der Waals surface area contributed by atoms with Crippen molar-refractivity contribution in [2.45, 2.75) is 25.9 Å². The van der Waals surface area contributed by atoms with E-state index < -0.39 is 34.3 Å². The Morgan fingerprint density at radius 1 is 1.03 bits per heavy atom. The number of sulfonamides is 1. The summed E-state index contributed by atoms with van der Waals surface area (Å²) in [5.41, 5.74) is 1.61. The van der Waals surface area contributed by atoms with Gasteiger partial charge in [0.05, 0.1) is 17.0 Å². The maximum absolute atomic E-state index is 13.9. The molecule has 202 valence electrons. The summed E-state index contributed by atoms with van der Waals surface area (Å²) in [7, 11) is -3.97. The number of halogens is 3. The van der Waals surface area contributed by atoms with Gasteiger partial charge in [0.15, 0.2) is 0 Å². The lowest BCUT2D eigenvalue weighted by atomic mass is 10.0. The van der Waals surface area contributed by atoms with Gasteiger partial charge in [0, 0.05) is 24.0 Å². The average molecular weight is 625 g/mol. The molecule has 3 rings (SSSR count). The molecule has 0 spiro atoms. The lowest BCUT2D eigenvalue weighted by molar-refractivity contribution is -0.140. The van der Waals surface area contributed by atoms with Crippen LogP contribution in [0.4, 0.5) is 10.1 Å². The molecule has 0 heterocycles. The van der Waals surface area contributed by atoms with Gasteiger partial charge < -0.3 is 10.2 Å². The Bertz CT molecular complexity index is 1390. The van der Waals surface area contributed by atoms with Gasteiger partial charge in [-0.25, -0.2) is 12.8 Å². The van der Waals surface area contributed by atoms with E-state index in [-0.39, 0.29) is 29.6 Å². The van der Waals surface area contributed by atoms with Crippen LogP contribution >= 0.6 is 27.5 Å². The van der Waals surface area contributed by atoms with Crippen LogP contribution in [0.15, 0.2) is 77.3 Å². The molecule has 1 N–H and O–H groups in total. The molecule has 0 saturated heterocycles. The molecular weight excluding hydrogens is 597 g/mol. The second-order valence-corrected chi connectivity index (χ2v) is 11.8. The topological polar surface area (TPSA) is 86.8 Å². The molecule has 0 unspecified atom stereocenters. The number of anilines is 1. The van der Waals surface area contributed by atoms with E-state index in [1.54, 1.807) is 6.92 Å². The van der Waals surface area contributed by atoms with Crippen molar-refractivity contribution in [2.24, 2.45) is 0 Å². The predicted molar refractivity (Wildman–Crippen MR) is 151 cm³/mol. The smallest absolute Gasteiger partial charge is 0.244 e. The van der Waals surface area contributed by atoms with Crippen molar-refractivity contribution >= 4 is 55.1 Å². The van der Waals surface area contributed by atoms with Gasteiger partial charge in [0.25, 0.3) is 0 Å². The first-order valence-corrected chi connectivity index (χ1v) is 14.8. The van der Waals surface area contributed by atoms with Crippen LogP contribution in [-0.4, -0.2) is 50.5 Å². The van der Waals surface area contributed by atoms with Gasteiger partial charge in [-0.05, 0) is 48.4 Å². The molecular formula is C27H28BrClFN3O4S. The van der Waals surface area contributed by atoms with E-state index in [4.69, 9.17) is 11.6 Å². The number of carbonyl (C=O) groups is 2. The second-order valence-electron chi connectivity index (χ2n) is 8.62. The van der Waals surface area contributed by atoms with Gasteiger partial charge in [-0.3, -0.25) is 13.9 Å². The van der Waals surface area contributed by atoms with Crippen molar-refractivity contribution in [1.29, 1.82) is 0 Å². The number of amides is 2. The van der Waals surface area contributed by atoms with E-state index in [0.29, 0.717) is 6.54 Å². The summed E-state index contributed by atoms with van der Waals surface area (Å²) in [6, 6.07) is 19.0. The van der Waals surface area contributed by atoms with Crippen molar-refractivity contribution in [1.82, 2.24) is 10.2 Å². The SMILES string of the molecule is CCNC(=O)[C@@H](Cc1ccccc1)N(Cc1cccc(Br)c1)C(=O)CN(c1ccc(F)c(Cl)c1)S(C)(=O)=O. The monoisotopic (exact) mass is 623 g/mol. The molecule has 0 radical (unpaired) electrons. The summed E-state index contributed by atoms with van der Waals surface area (Å²) in [6.07, 6.45) is 1.16. The summed E-state index contributed by atoms with van der Waals surface area (Å²) in [4.78, 5) is 28.5. The van der Waals surface area contributed by atoms with Gasteiger partial charge in [0.1, 0.15) is 18.4 Å². The van der Waals surface area contributed by atoms with Crippen molar-refractivity contribution in [3.05, 3.63) is 99.2 Å². The number of hydrogen-bond donors (Lipinski definition) is 1. The van der Waals surface area contributed by atoms with Gasteiger partial charge in [-0.1, -0.05) is 70.0 Å². The highest BCUT2D eigenvalue weighted by molar-refractivity contribution is 9.10.